The second kappa shape index (κ2) is 13.7. The fraction of sp³-hybridized carbons (Fsp3) is 0.200. The summed E-state index contributed by atoms with van der Waals surface area (Å²) in [5.41, 5.74) is 8.50. The third-order valence-electron chi connectivity index (χ3n) is 7.12. The van der Waals surface area contributed by atoms with Crippen molar-refractivity contribution in [3.8, 4) is 34.8 Å². The highest BCUT2D eigenvalue weighted by molar-refractivity contribution is 5.91. The number of allylic oxidation sites excluding steroid dienone is 1. The third kappa shape index (κ3) is 6.60. The van der Waals surface area contributed by atoms with Crippen LogP contribution in [-0.4, -0.2) is 19.7 Å². The van der Waals surface area contributed by atoms with Crippen molar-refractivity contribution in [1.82, 2.24) is 0 Å². The third-order valence-corrected chi connectivity index (χ3v) is 7.12. The molecule has 0 amide bonds. The molecule has 0 aromatic heterocycles. The van der Waals surface area contributed by atoms with Crippen LogP contribution in [0.2, 0.25) is 0 Å². The zero-order chi connectivity index (χ0) is 31.1. The maximum Gasteiger partial charge on any atom is 0.343 e. The number of ether oxygens (including phenoxy) is 5. The molecular weight excluding hydrogens is 563 g/mol. The highest BCUT2D eigenvalue weighted by atomic mass is 19.1. The van der Waals surface area contributed by atoms with E-state index in [0.29, 0.717) is 51.9 Å². The summed E-state index contributed by atoms with van der Waals surface area (Å²) in [6.45, 7) is 2.71. The summed E-state index contributed by atoms with van der Waals surface area (Å²) < 4.78 is 42.6. The van der Waals surface area contributed by atoms with Gasteiger partial charge in [-0.05, 0) is 60.5 Å². The Labute approximate surface area is 255 Å². The molecular formula is C35H31FN2O6. The van der Waals surface area contributed by atoms with Gasteiger partial charge in [0.05, 0.1) is 25.2 Å². The van der Waals surface area contributed by atoms with Gasteiger partial charge in [-0.3, -0.25) is 0 Å². The molecule has 4 aromatic carbocycles. The average Bonchev–Trinajstić information content (AvgIpc) is 3.04. The number of carbonyl (C=O) groups excluding carboxylic acids is 1. The first-order valence-electron chi connectivity index (χ1n) is 14.1. The van der Waals surface area contributed by atoms with Gasteiger partial charge >= 0.3 is 5.97 Å². The molecule has 1 unspecified atom stereocenters. The monoisotopic (exact) mass is 594 g/mol. The Morgan fingerprint density at radius 2 is 1.75 bits per heavy atom. The molecule has 8 nitrogen and oxygen atoms in total. The van der Waals surface area contributed by atoms with Gasteiger partial charge in [0.25, 0.3) is 0 Å². The van der Waals surface area contributed by atoms with Crippen molar-refractivity contribution < 1.29 is 32.9 Å². The van der Waals surface area contributed by atoms with Crippen molar-refractivity contribution in [3.63, 3.8) is 0 Å². The Morgan fingerprint density at radius 3 is 2.48 bits per heavy atom. The zero-order valence-electron chi connectivity index (χ0n) is 24.3. The highest BCUT2D eigenvalue weighted by Crippen LogP contribution is 2.45. The minimum Gasteiger partial charge on any atom is -0.494 e. The van der Waals surface area contributed by atoms with Crippen LogP contribution in [0.4, 0.5) is 4.39 Å². The SMILES string of the molecule is CCCCOc1ccc(C(=O)Oc2ccc3c(c2)OC(N)=C(C#N)C3c2ccc(OCc3ccccc3F)c(OC)c2)cc1. The first-order valence-corrected chi connectivity index (χ1v) is 14.1. The molecule has 44 heavy (non-hydrogen) atoms. The first kappa shape index (κ1) is 30.0. The molecule has 4 aromatic rings. The molecule has 224 valence electrons. The van der Waals surface area contributed by atoms with E-state index in [4.69, 9.17) is 29.4 Å². The Bertz CT molecular complexity index is 1730. The molecule has 0 saturated heterocycles. The van der Waals surface area contributed by atoms with Gasteiger partial charge in [-0.25, -0.2) is 9.18 Å². The number of benzene rings is 4. The summed E-state index contributed by atoms with van der Waals surface area (Å²) in [4.78, 5) is 12.8. The molecule has 5 rings (SSSR count). The lowest BCUT2D eigenvalue weighted by Gasteiger charge is -2.27. The molecule has 0 fully saturated rings. The van der Waals surface area contributed by atoms with E-state index in [9.17, 15) is 14.4 Å². The molecule has 9 heteroatoms. The zero-order valence-corrected chi connectivity index (χ0v) is 24.3. The van der Waals surface area contributed by atoms with Gasteiger partial charge in [0.2, 0.25) is 5.88 Å². The normalized spacial score (nSPS) is 13.7. The van der Waals surface area contributed by atoms with E-state index in [1.165, 1.54) is 13.2 Å². The van der Waals surface area contributed by atoms with Crippen molar-refractivity contribution >= 4 is 5.97 Å². The van der Waals surface area contributed by atoms with Crippen LogP contribution in [0.3, 0.4) is 0 Å². The Hall–Kier alpha value is -5.49. The average molecular weight is 595 g/mol. The number of rotatable bonds is 11. The number of fused-ring (bicyclic) bond motifs is 1. The topological polar surface area (TPSA) is 113 Å². The summed E-state index contributed by atoms with van der Waals surface area (Å²) >= 11 is 0. The second-order valence-electron chi connectivity index (χ2n) is 10.0. The van der Waals surface area contributed by atoms with Crippen LogP contribution in [0.1, 0.15) is 52.7 Å². The molecule has 1 heterocycles. The van der Waals surface area contributed by atoms with Gasteiger partial charge in [0, 0.05) is 17.2 Å². The van der Waals surface area contributed by atoms with Gasteiger partial charge in [0.15, 0.2) is 11.5 Å². The second-order valence-corrected chi connectivity index (χ2v) is 10.0. The maximum atomic E-state index is 14.1. The molecule has 0 saturated carbocycles. The fourth-order valence-electron chi connectivity index (χ4n) is 4.78. The first-order chi connectivity index (χ1) is 21.4. The lowest BCUT2D eigenvalue weighted by atomic mass is 9.83. The lowest BCUT2D eigenvalue weighted by molar-refractivity contribution is 0.0734. The van der Waals surface area contributed by atoms with Crippen LogP contribution in [-0.2, 0) is 6.61 Å². The summed E-state index contributed by atoms with van der Waals surface area (Å²) in [5.74, 6) is 0.508. The summed E-state index contributed by atoms with van der Waals surface area (Å²) in [7, 11) is 1.50. The number of nitriles is 1. The van der Waals surface area contributed by atoms with E-state index in [-0.39, 0.29) is 29.6 Å². The highest BCUT2D eigenvalue weighted by Gasteiger charge is 2.32. The summed E-state index contributed by atoms with van der Waals surface area (Å²) in [5, 5.41) is 9.98. The minimum atomic E-state index is -0.594. The van der Waals surface area contributed by atoms with Crippen molar-refractivity contribution in [2.24, 2.45) is 5.73 Å². The lowest BCUT2D eigenvalue weighted by Crippen LogP contribution is -2.21. The predicted molar refractivity (Wildman–Crippen MR) is 161 cm³/mol. The van der Waals surface area contributed by atoms with E-state index in [2.05, 4.69) is 13.0 Å². The van der Waals surface area contributed by atoms with Gasteiger partial charge in [-0.2, -0.15) is 5.26 Å². The quantitative estimate of drug-likeness (QED) is 0.112. The predicted octanol–water partition coefficient (Wildman–Crippen LogP) is 7.03. The molecule has 0 aliphatic carbocycles. The standard InChI is InChI=1S/C35H31FN2O6/c1-3-4-17-41-25-12-9-22(10-13-25)35(39)43-26-14-15-27-31(19-26)44-34(38)28(20-37)33(27)23-11-16-30(32(18-23)40-2)42-21-24-7-5-6-8-29(24)36/h5-16,18-19,33H,3-4,17,21,38H2,1-2H3. The van der Waals surface area contributed by atoms with Crippen LogP contribution >= 0.6 is 0 Å². The number of unbranched alkanes of at least 4 members (excludes halogenated alkanes) is 1. The largest absolute Gasteiger partial charge is 0.494 e. The number of hydrogen-bond donors (Lipinski definition) is 1. The van der Waals surface area contributed by atoms with Crippen molar-refractivity contribution in [2.75, 3.05) is 13.7 Å². The number of halogens is 1. The van der Waals surface area contributed by atoms with E-state index in [0.717, 1.165) is 12.8 Å². The number of esters is 1. The van der Waals surface area contributed by atoms with Crippen LogP contribution in [0.5, 0.6) is 28.7 Å². The molecule has 0 radical (unpaired) electrons. The molecule has 2 N–H and O–H groups in total. The summed E-state index contributed by atoms with van der Waals surface area (Å²) in [6.07, 6.45) is 1.98. The molecule has 0 bridgehead atoms. The van der Waals surface area contributed by atoms with Gasteiger partial charge in [-0.1, -0.05) is 43.7 Å². The van der Waals surface area contributed by atoms with Crippen LogP contribution in [0.25, 0.3) is 0 Å². The van der Waals surface area contributed by atoms with E-state index < -0.39 is 11.9 Å². The maximum absolute atomic E-state index is 14.1. The molecule has 1 aliphatic heterocycles. The minimum absolute atomic E-state index is 0.0111. The molecule has 0 spiro atoms. The van der Waals surface area contributed by atoms with Crippen molar-refractivity contribution in [3.05, 3.63) is 124 Å². The number of carbonyl (C=O) groups is 1. The summed E-state index contributed by atoms with van der Waals surface area (Å²) in [6, 6.07) is 25.4. The van der Waals surface area contributed by atoms with Gasteiger partial charge in [-0.15, -0.1) is 0 Å². The van der Waals surface area contributed by atoms with Gasteiger partial charge < -0.3 is 29.4 Å². The van der Waals surface area contributed by atoms with Crippen molar-refractivity contribution in [1.29, 1.82) is 5.26 Å². The molecule has 1 atom stereocenters. The Kier molecular flexibility index (Phi) is 9.31. The van der Waals surface area contributed by atoms with Gasteiger partial charge in [0.1, 0.15) is 41.3 Å². The van der Waals surface area contributed by atoms with Crippen LogP contribution < -0.4 is 29.4 Å². The van der Waals surface area contributed by atoms with E-state index in [1.54, 1.807) is 78.9 Å². The fourth-order valence-corrected chi connectivity index (χ4v) is 4.78. The number of hydrogen-bond acceptors (Lipinski definition) is 8. The number of nitrogens with zero attached hydrogens (tertiary/aromatic N) is 1. The Balaban J connectivity index is 1.36. The number of nitrogens with two attached hydrogens (primary N) is 1. The van der Waals surface area contributed by atoms with Crippen LogP contribution in [0, 0.1) is 17.1 Å². The van der Waals surface area contributed by atoms with Crippen molar-refractivity contribution in [2.45, 2.75) is 32.3 Å². The van der Waals surface area contributed by atoms with E-state index in [1.807, 2.05) is 0 Å². The van der Waals surface area contributed by atoms with Crippen LogP contribution in [0.15, 0.2) is 96.4 Å². The van der Waals surface area contributed by atoms with E-state index >= 15 is 0 Å². The number of methoxy groups -OCH3 is 1. The Morgan fingerprint density at radius 1 is 0.977 bits per heavy atom. The smallest absolute Gasteiger partial charge is 0.343 e. The molecule has 1 aliphatic rings.